The van der Waals surface area contributed by atoms with Crippen LogP contribution in [0.3, 0.4) is 0 Å². The maximum Gasteiger partial charge on any atom is 0.0808 e. The van der Waals surface area contributed by atoms with Crippen molar-refractivity contribution in [2.45, 2.75) is 45.8 Å². The lowest BCUT2D eigenvalue weighted by molar-refractivity contribution is 0.793. The molecule has 3 aromatic rings. The molecule has 0 unspecified atom stereocenters. The molecule has 0 N–H and O–H groups in total. The highest BCUT2D eigenvalue weighted by Crippen LogP contribution is 2.41. The van der Waals surface area contributed by atoms with Crippen LogP contribution in [-0.4, -0.2) is 0 Å². The molecule has 3 aromatic carbocycles. The van der Waals surface area contributed by atoms with Gasteiger partial charge in [-0.2, -0.15) is 0 Å². The average molecular weight is 375 g/mol. The minimum Gasteiger partial charge on any atom is -0.247 e. The maximum absolute atomic E-state index is 5.05. The van der Waals surface area contributed by atoms with Crippen molar-refractivity contribution in [2.24, 2.45) is 9.98 Å². The summed E-state index contributed by atoms with van der Waals surface area (Å²) in [5.41, 5.74) is 3.59. The second-order valence-corrected chi connectivity index (χ2v) is 8.72. The van der Waals surface area contributed by atoms with Crippen LogP contribution < -0.4 is 10.7 Å². The van der Waals surface area contributed by atoms with Gasteiger partial charge in [-0.25, -0.2) is 9.98 Å². The summed E-state index contributed by atoms with van der Waals surface area (Å²) in [6, 6.07) is 19.3. The smallest absolute Gasteiger partial charge is 0.0808 e. The van der Waals surface area contributed by atoms with Crippen LogP contribution in [-0.2, 0) is 6.42 Å². The second kappa shape index (κ2) is 6.60. The third-order valence-electron chi connectivity index (χ3n) is 4.70. The van der Waals surface area contributed by atoms with E-state index in [1.807, 2.05) is 17.8 Å². The molecule has 0 spiro atoms. The third-order valence-corrected chi connectivity index (χ3v) is 6.91. The molecule has 0 saturated carbocycles. The van der Waals surface area contributed by atoms with E-state index in [-0.39, 0.29) is 0 Å². The second-order valence-electron chi connectivity index (χ2n) is 6.55. The summed E-state index contributed by atoms with van der Waals surface area (Å²) in [5, 5.41) is 2.13. The van der Waals surface area contributed by atoms with E-state index in [4.69, 9.17) is 9.98 Å². The van der Waals surface area contributed by atoms with Crippen molar-refractivity contribution < 1.29 is 0 Å². The molecule has 26 heavy (non-hydrogen) atoms. The third kappa shape index (κ3) is 2.78. The summed E-state index contributed by atoms with van der Waals surface area (Å²) in [5.74, 6) is 0. The maximum atomic E-state index is 5.05. The standard InChI is InChI=1S/C22H18N2S2/c1-2-3-7-14-8-6-11-19-22(14)24-17-13-20-16(12-21(17)26-19)23-15-9-4-5-10-18(15)25-20/h4-6,8-13H,2-3,7H2,1H3. The predicted molar refractivity (Wildman–Crippen MR) is 108 cm³/mol. The number of hydrogen-bond donors (Lipinski definition) is 0. The number of nitrogens with zero attached hydrogens (tertiary/aromatic N) is 2. The SMILES string of the molecule is CCCCc1cccc2c1N=c1cc3c(cc1S2)=Nc1ccccc1S3. The molecule has 2 aliphatic heterocycles. The van der Waals surface area contributed by atoms with Crippen LogP contribution in [0.4, 0.5) is 11.4 Å². The van der Waals surface area contributed by atoms with Crippen molar-refractivity contribution in [1.82, 2.24) is 0 Å². The van der Waals surface area contributed by atoms with Gasteiger partial charge in [-0.3, -0.25) is 0 Å². The summed E-state index contributed by atoms with van der Waals surface area (Å²) in [4.78, 5) is 14.8. The van der Waals surface area contributed by atoms with Crippen LogP contribution in [0.2, 0.25) is 0 Å². The van der Waals surface area contributed by atoms with Crippen LogP contribution in [0.15, 0.2) is 84.2 Å². The number of aryl methyl sites for hydroxylation is 1. The van der Waals surface area contributed by atoms with Gasteiger partial charge < -0.3 is 0 Å². The molecule has 5 rings (SSSR count). The first-order valence-electron chi connectivity index (χ1n) is 9.00. The van der Waals surface area contributed by atoms with Crippen molar-refractivity contribution in [2.75, 3.05) is 0 Å². The van der Waals surface area contributed by atoms with Crippen LogP contribution in [0, 0.1) is 0 Å². The highest BCUT2D eigenvalue weighted by Gasteiger charge is 2.18. The zero-order valence-corrected chi connectivity index (χ0v) is 16.2. The van der Waals surface area contributed by atoms with Gasteiger partial charge >= 0.3 is 0 Å². The Morgan fingerprint density at radius 1 is 0.769 bits per heavy atom. The Labute approximate surface area is 161 Å². The van der Waals surface area contributed by atoms with E-state index in [0.29, 0.717) is 0 Å². The fraction of sp³-hybridized carbons (Fsp3) is 0.182. The van der Waals surface area contributed by atoms with Crippen LogP contribution in [0.1, 0.15) is 25.3 Å². The molecule has 2 nitrogen and oxygen atoms in total. The lowest BCUT2D eigenvalue weighted by Gasteiger charge is -2.17. The molecule has 0 fully saturated rings. The zero-order valence-electron chi connectivity index (χ0n) is 14.5. The summed E-state index contributed by atoms with van der Waals surface area (Å²) >= 11 is 3.61. The van der Waals surface area contributed by atoms with Crippen molar-refractivity contribution >= 4 is 34.9 Å². The van der Waals surface area contributed by atoms with E-state index in [2.05, 4.69) is 55.5 Å². The van der Waals surface area contributed by atoms with Crippen molar-refractivity contribution in [3.63, 3.8) is 0 Å². The van der Waals surface area contributed by atoms with Gasteiger partial charge in [-0.1, -0.05) is 61.1 Å². The van der Waals surface area contributed by atoms with Crippen LogP contribution >= 0.6 is 23.5 Å². The predicted octanol–water partition coefficient (Wildman–Crippen LogP) is 5.86. The van der Waals surface area contributed by atoms with Gasteiger partial charge in [0.25, 0.3) is 0 Å². The molecule has 0 bridgehead atoms. The Hall–Kier alpha value is -2.04. The largest absolute Gasteiger partial charge is 0.247 e. The van der Waals surface area contributed by atoms with E-state index in [0.717, 1.165) is 28.5 Å². The van der Waals surface area contributed by atoms with Gasteiger partial charge in [0.2, 0.25) is 0 Å². The Bertz CT molecular complexity index is 1140. The molecular formula is C22H18N2S2. The van der Waals surface area contributed by atoms with Gasteiger partial charge in [-0.15, -0.1) is 0 Å². The van der Waals surface area contributed by atoms with Gasteiger partial charge in [0.1, 0.15) is 0 Å². The van der Waals surface area contributed by atoms with E-state index >= 15 is 0 Å². The topological polar surface area (TPSA) is 24.7 Å². The quantitative estimate of drug-likeness (QED) is 0.395. The molecule has 2 aliphatic rings. The van der Waals surface area contributed by atoms with Crippen molar-refractivity contribution in [3.8, 4) is 0 Å². The minimum atomic E-state index is 1.06. The average Bonchev–Trinajstić information content (AvgIpc) is 2.67. The number of para-hydroxylation sites is 2. The van der Waals surface area contributed by atoms with Crippen LogP contribution in [0.5, 0.6) is 0 Å². The Kier molecular flexibility index (Phi) is 4.10. The number of unbranched alkanes of at least 4 members (excludes halogenated alkanes) is 1. The lowest BCUT2D eigenvalue weighted by atomic mass is 10.1. The molecule has 0 saturated heterocycles. The van der Waals surface area contributed by atoms with Gasteiger partial charge in [0.05, 0.1) is 22.1 Å². The molecular weight excluding hydrogens is 356 g/mol. The highest BCUT2D eigenvalue weighted by atomic mass is 32.2. The highest BCUT2D eigenvalue weighted by molar-refractivity contribution is 8.00. The van der Waals surface area contributed by atoms with E-state index in [9.17, 15) is 0 Å². The molecule has 0 amide bonds. The Morgan fingerprint density at radius 3 is 2.35 bits per heavy atom. The fourth-order valence-corrected chi connectivity index (χ4v) is 5.36. The van der Waals surface area contributed by atoms with Gasteiger partial charge in [0, 0.05) is 19.6 Å². The monoisotopic (exact) mass is 374 g/mol. The Balaban J connectivity index is 1.66. The summed E-state index contributed by atoms with van der Waals surface area (Å²) in [6.07, 6.45) is 3.51. The van der Waals surface area contributed by atoms with Gasteiger partial charge in [0.15, 0.2) is 0 Å². The molecule has 128 valence electrons. The number of hydrogen-bond acceptors (Lipinski definition) is 4. The number of benzene rings is 3. The summed E-state index contributed by atoms with van der Waals surface area (Å²) < 4.78 is 0. The molecule has 0 radical (unpaired) electrons. The van der Waals surface area contributed by atoms with E-state index in [1.165, 1.54) is 38.0 Å². The summed E-state index contributed by atoms with van der Waals surface area (Å²) in [7, 11) is 0. The normalized spacial score (nSPS) is 13.6. The molecule has 0 aromatic heterocycles. The zero-order chi connectivity index (χ0) is 17.5. The molecule has 2 heterocycles. The first-order valence-corrected chi connectivity index (χ1v) is 10.6. The van der Waals surface area contributed by atoms with Crippen molar-refractivity contribution in [1.29, 1.82) is 0 Å². The fourth-order valence-electron chi connectivity index (χ4n) is 3.35. The molecule has 0 atom stereocenters. The lowest BCUT2D eigenvalue weighted by Crippen LogP contribution is -2.18. The Morgan fingerprint density at radius 2 is 1.50 bits per heavy atom. The van der Waals surface area contributed by atoms with Crippen molar-refractivity contribution in [3.05, 3.63) is 70.9 Å². The van der Waals surface area contributed by atoms with E-state index in [1.54, 1.807) is 11.8 Å². The number of fused-ring (bicyclic) bond motifs is 4. The van der Waals surface area contributed by atoms with Crippen LogP contribution in [0.25, 0.3) is 0 Å². The van der Waals surface area contributed by atoms with Gasteiger partial charge in [-0.05, 0) is 48.7 Å². The molecule has 0 aliphatic carbocycles. The molecule has 4 heteroatoms. The first-order chi connectivity index (χ1) is 12.8. The summed E-state index contributed by atoms with van der Waals surface area (Å²) in [6.45, 7) is 2.24. The minimum absolute atomic E-state index is 1.06. The number of rotatable bonds is 3. The van der Waals surface area contributed by atoms with E-state index < -0.39 is 0 Å². The first kappa shape index (κ1) is 16.2.